The van der Waals surface area contributed by atoms with Crippen LogP contribution in [0.1, 0.15) is 56.2 Å². The summed E-state index contributed by atoms with van der Waals surface area (Å²) in [5, 5.41) is 8.20. The summed E-state index contributed by atoms with van der Waals surface area (Å²) in [5.74, 6) is 0.589. The van der Waals surface area contributed by atoms with Crippen molar-refractivity contribution in [2.24, 2.45) is 0 Å². The van der Waals surface area contributed by atoms with Crippen LogP contribution in [0.25, 0.3) is 0 Å². The zero-order chi connectivity index (χ0) is 15.6. The van der Waals surface area contributed by atoms with E-state index in [1.807, 2.05) is 18.2 Å². The third-order valence-corrected chi connectivity index (χ3v) is 4.93. The van der Waals surface area contributed by atoms with E-state index in [0.717, 1.165) is 37.1 Å². The third kappa shape index (κ3) is 3.28. The second-order valence-corrected chi connectivity index (χ2v) is 6.70. The molecular formula is C18H22N4O. The van der Waals surface area contributed by atoms with E-state index in [2.05, 4.69) is 15.4 Å². The first-order valence-electron chi connectivity index (χ1n) is 8.56. The Morgan fingerprint density at radius 3 is 2.39 bits per heavy atom. The number of nitrogens with zero attached hydrogens (tertiary/aromatic N) is 3. The van der Waals surface area contributed by atoms with Gasteiger partial charge in [0.15, 0.2) is 0 Å². The van der Waals surface area contributed by atoms with Crippen LogP contribution in [-0.4, -0.2) is 20.8 Å². The number of hydrogen-bond acceptors (Lipinski definition) is 4. The van der Waals surface area contributed by atoms with Gasteiger partial charge in [-0.05, 0) is 56.7 Å². The highest BCUT2D eigenvalue weighted by atomic mass is 16.1. The van der Waals surface area contributed by atoms with Gasteiger partial charge in [-0.1, -0.05) is 0 Å². The summed E-state index contributed by atoms with van der Waals surface area (Å²) in [6.45, 7) is 0. The first-order valence-corrected chi connectivity index (χ1v) is 8.56. The molecule has 2 fully saturated rings. The van der Waals surface area contributed by atoms with Gasteiger partial charge in [0.2, 0.25) is 0 Å². The molecule has 2 aliphatic carbocycles. The predicted octanol–water partition coefficient (Wildman–Crippen LogP) is 3.11. The molecule has 23 heavy (non-hydrogen) atoms. The number of pyridine rings is 1. The standard InChI is InChI=1S/C18H22N4O/c23-18-8-7-17(13-1-2-13)21-22(18)16-5-3-14(4-6-16)20-15-9-11-19-12-10-15/h7-14,16H,1-6H2,(H,19,20). The van der Waals surface area contributed by atoms with Crippen LogP contribution in [0.5, 0.6) is 0 Å². The van der Waals surface area contributed by atoms with Crippen molar-refractivity contribution < 1.29 is 0 Å². The molecule has 120 valence electrons. The summed E-state index contributed by atoms with van der Waals surface area (Å²) in [6.07, 6.45) is 10.2. The lowest BCUT2D eigenvalue weighted by molar-refractivity contribution is 0.302. The predicted molar refractivity (Wildman–Crippen MR) is 89.6 cm³/mol. The maximum atomic E-state index is 12.2. The van der Waals surface area contributed by atoms with Gasteiger partial charge in [-0.2, -0.15) is 5.10 Å². The van der Waals surface area contributed by atoms with Crippen LogP contribution in [0.4, 0.5) is 5.69 Å². The molecule has 5 nitrogen and oxygen atoms in total. The second-order valence-electron chi connectivity index (χ2n) is 6.70. The largest absolute Gasteiger partial charge is 0.382 e. The minimum Gasteiger partial charge on any atom is -0.382 e. The van der Waals surface area contributed by atoms with E-state index in [4.69, 9.17) is 0 Å². The first kappa shape index (κ1) is 14.4. The molecule has 0 amide bonds. The molecule has 0 unspecified atom stereocenters. The fourth-order valence-electron chi connectivity index (χ4n) is 3.45. The van der Waals surface area contributed by atoms with Crippen LogP contribution >= 0.6 is 0 Å². The molecule has 5 heteroatoms. The highest BCUT2D eigenvalue weighted by Gasteiger charge is 2.28. The maximum absolute atomic E-state index is 12.2. The van der Waals surface area contributed by atoms with Crippen LogP contribution in [0.2, 0.25) is 0 Å². The van der Waals surface area contributed by atoms with Crippen LogP contribution in [0.3, 0.4) is 0 Å². The van der Waals surface area contributed by atoms with Crippen LogP contribution in [0.15, 0.2) is 41.5 Å². The van der Waals surface area contributed by atoms with Gasteiger partial charge in [-0.25, -0.2) is 4.68 Å². The molecule has 2 aromatic rings. The van der Waals surface area contributed by atoms with Crippen molar-refractivity contribution in [2.45, 2.75) is 56.5 Å². The van der Waals surface area contributed by atoms with Crippen LogP contribution in [-0.2, 0) is 0 Å². The Morgan fingerprint density at radius 2 is 1.70 bits per heavy atom. The number of rotatable bonds is 4. The molecule has 2 aromatic heterocycles. The van der Waals surface area contributed by atoms with E-state index in [9.17, 15) is 4.79 Å². The maximum Gasteiger partial charge on any atom is 0.267 e. The van der Waals surface area contributed by atoms with Gasteiger partial charge in [0.25, 0.3) is 5.56 Å². The van der Waals surface area contributed by atoms with Gasteiger partial charge in [-0.15, -0.1) is 0 Å². The highest BCUT2D eigenvalue weighted by molar-refractivity contribution is 5.41. The van der Waals surface area contributed by atoms with Crippen molar-refractivity contribution in [2.75, 3.05) is 5.32 Å². The summed E-state index contributed by atoms with van der Waals surface area (Å²) in [5.41, 5.74) is 2.26. The van der Waals surface area contributed by atoms with Gasteiger partial charge >= 0.3 is 0 Å². The number of aromatic nitrogens is 3. The van der Waals surface area contributed by atoms with E-state index >= 15 is 0 Å². The number of anilines is 1. The van der Waals surface area contributed by atoms with Crippen molar-refractivity contribution >= 4 is 5.69 Å². The van der Waals surface area contributed by atoms with Gasteiger partial charge < -0.3 is 5.32 Å². The normalized spacial score (nSPS) is 24.3. The number of nitrogens with one attached hydrogen (secondary N) is 1. The zero-order valence-electron chi connectivity index (χ0n) is 13.2. The Labute approximate surface area is 135 Å². The van der Waals surface area contributed by atoms with Crippen LogP contribution < -0.4 is 10.9 Å². The quantitative estimate of drug-likeness (QED) is 0.942. The van der Waals surface area contributed by atoms with Crippen LogP contribution in [0, 0.1) is 0 Å². The van der Waals surface area contributed by atoms with E-state index < -0.39 is 0 Å². The van der Waals surface area contributed by atoms with E-state index in [0.29, 0.717) is 12.0 Å². The minimum absolute atomic E-state index is 0.0416. The summed E-state index contributed by atoms with van der Waals surface area (Å²) >= 11 is 0. The van der Waals surface area contributed by atoms with Gasteiger partial charge in [-0.3, -0.25) is 9.78 Å². The molecule has 2 aliphatic rings. The lowest BCUT2D eigenvalue weighted by Gasteiger charge is -2.30. The molecular weight excluding hydrogens is 288 g/mol. The smallest absolute Gasteiger partial charge is 0.267 e. The van der Waals surface area contributed by atoms with Crippen molar-refractivity contribution in [3.63, 3.8) is 0 Å². The molecule has 0 bridgehead atoms. The fraction of sp³-hybridized carbons (Fsp3) is 0.500. The van der Waals surface area contributed by atoms with Gasteiger partial charge in [0.05, 0.1) is 11.7 Å². The SMILES string of the molecule is O=c1ccc(C2CC2)nn1C1CCC(Nc2ccncc2)CC1. The molecule has 0 aromatic carbocycles. The average molecular weight is 310 g/mol. The van der Waals surface area contributed by atoms with Crippen molar-refractivity contribution in [1.82, 2.24) is 14.8 Å². The Bertz CT molecular complexity index is 715. The lowest BCUT2D eigenvalue weighted by Crippen LogP contribution is -2.33. The summed E-state index contributed by atoms with van der Waals surface area (Å²) in [7, 11) is 0. The second kappa shape index (κ2) is 6.14. The zero-order valence-corrected chi connectivity index (χ0v) is 13.2. The monoisotopic (exact) mass is 310 g/mol. The van der Waals surface area contributed by atoms with E-state index in [1.54, 1.807) is 23.1 Å². The highest BCUT2D eigenvalue weighted by Crippen LogP contribution is 2.38. The van der Waals surface area contributed by atoms with Crippen molar-refractivity contribution in [1.29, 1.82) is 0 Å². The Morgan fingerprint density at radius 1 is 0.957 bits per heavy atom. The Hall–Kier alpha value is -2.17. The molecule has 0 spiro atoms. The minimum atomic E-state index is 0.0416. The van der Waals surface area contributed by atoms with E-state index in [1.165, 1.54) is 12.8 Å². The average Bonchev–Trinajstić information content (AvgIpc) is 3.42. The molecule has 1 N–H and O–H groups in total. The van der Waals surface area contributed by atoms with Gasteiger partial charge in [0.1, 0.15) is 0 Å². The Balaban J connectivity index is 1.41. The molecule has 2 saturated carbocycles. The molecule has 4 rings (SSSR count). The molecule has 0 atom stereocenters. The molecule has 0 aliphatic heterocycles. The summed E-state index contributed by atoms with van der Waals surface area (Å²) in [6, 6.07) is 8.32. The molecule has 0 radical (unpaired) electrons. The topological polar surface area (TPSA) is 59.8 Å². The van der Waals surface area contributed by atoms with Crippen molar-refractivity contribution in [3.05, 3.63) is 52.7 Å². The van der Waals surface area contributed by atoms with Gasteiger partial charge in [0, 0.05) is 36.1 Å². The lowest BCUT2D eigenvalue weighted by atomic mass is 9.91. The third-order valence-electron chi connectivity index (χ3n) is 4.93. The molecule has 2 heterocycles. The Kier molecular flexibility index (Phi) is 3.85. The number of hydrogen-bond donors (Lipinski definition) is 1. The molecule has 0 saturated heterocycles. The fourth-order valence-corrected chi connectivity index (χ4v) is 3.45. The van der Waals surface area contributed by atoms with Crippen molar-refractivity contribution in [3.8, 4) is 0 Å². The van der Waals surface area contributed by atoms with E-state index in [-0.39, 0.29) is 11.6 Å². The summed E-state index contributed by atoms with van der Waals surface area (Å²) in [4.78, 5) is 16.2. The summed E-state index contributed by atoms with van der Waals surface area (Å²) < 4.78 is 1.75. The first-order chi connectivity index (χ1) is 11.3.